The summed E-state index contributed by atoms with van der Waals surface area (Å²) in [6.45, 7) is 5.47. The zero-order valence-electron chi connectivity index (χ0n) is 34.4. The summed E-state index contributed by atoms with van der Waals surface area (Å²) in [5, 5.41) is 0. The summed E-state index contributed by atoms with van der Waals surface area (Å²) in [7, 11) is 0. The summed E-state index contributed by atoms with van der Waals surface area (Å²) in [5.74, 6) is 0.209. The van der Waals surface area contributed by atoms with E-state index in [2.05, 4.69) is 13.8 Å². The van der Waals surface area contributed by atoms with Gasteiger partial charge in [0.25, 0.3) is 0 Å². The number of hydrogen-bond donors (Lipinski definition) is 0. The monoisotopic (exact) mass is 765 g/mol. The van der Waals surface area contributed by atoms with E-state index in [1.165, 1.54) is 133 Å². The Kier molecular flexibility index (Phi) is 28.1. The molecule has 0 aliphatic heterocycles. The highest BCUT2D eigenvalue weighted by Gasteiger charge is 2.10. The second kappa shape index (κ2) is 32.6. The van der Waals surface area contributed by atoms with Crippen molar-refractivity contribution >= 4 is 11.9 Å². The van der Waals surface area contributed by atoms with Crippen LogP contribution in [-0.2, 0) is 9.59 Å². The minimum absolute atomic E-state index is 0.000799. The van der Waals surface area contributed by atoms with Crippen molar-refractivity contribution in [2.45, 2.75) is 187 Å². The van der Waals surface area contributed by atoms with Crippen molar-refractivity contribution in [3.05, 3.63) is 69.0 Å². The predicted octanol–water partition coefficient (Wildman–Crippen LogP) is 12.2. The topological polar surface area (TPSA) is 105 Å². The van der Waals surface area contributed by atoms with E-state index < -0.39 is 11.9 Å². The minimum Gasteiger partial charge on any atom is -0.494 e. The maximum Gasteiger partial charge on any atom is 0.311 e. The van der Waals surface area contributed by atoms with Crippen LogP contribution >= 0.6 is 0 Å². The fourth-order valence-electron chi connectivity index (χ4n) is 6.41. The number of carbonyl (C=O) groups excluding carboxylic acids is 2. The smallest absolute Gasteiger partial charge is 0.311 e. The second-order valence-electron chi connectivity index (χ2n) is 14.9. The van der Waals surface area contributed by atoms with Gasteiger partial charge in [0.05, 0.1) is 13.2 Å². The molecule has 2 aromatic rings. The van der Waals surface area contributed by atoms with Crippen LogP contribution in [0.15, 0.2) is 58.1 Å². The average molecular weight is 765 g/mol. The Balaban J connectivity index is 1.56. The molecule has 2 aromatic carbocycles. The molecule has 8 heteroatoms. The molecule has 0 atom stereocenters. The van der Waals surface area contributed by atoms with Crippen LogP contribution in [0.3, 0.4) is 0 Å². The third kappa shape index (κ3) is 25.2. The van der Waals surface area contributed by atoms with E-state index in [0.29, 0.717) is 50.4 Å². The van der Waals surface area contributed by atoms with Crippen molar-refractivity contribution in [1.29, 1.82) is 0 Å². The Bertz CT molecular complexity index is 1420. The normalized spacial score (nSPS) is 10.9. The minimum atomic E-state index is -0.462. The zero-order chi connectivity index (χ0) is 39.6. The van der Waals surface area contributed by atoms with E-state index in [4.69, 9.17) is 18.9 Å². The second-order valence-corrected chi connectivity index (χ2v) is 14.9. The molecular formula is C47H72O8. The number of ether oxygens (including phenoxy) is 4. The van der Waals surface area contributed by atoms with Crippen LogP contribution in [-0.4, -0.2) is 25.2 Å². The van der Waals surface area contributed by atoms with Gasteiger partial charge in [-0.05, 0) is 80.6 Å². The molecule has 0 bridgehead atoms. The summed E-state index contributed by atoms with van der Waals surface area (Å²) in [6, 6.07) is 12.2. The van der Waals surface area contributed by atoms with Gasteiger partial charge in [-0.25, -0.2) is 0 Å². The largest absolute Gasteiger partial charge is 0.494 e. The summed E-state index contributed by atoms with van der Waals surface area (Å²) in [6.07, 6.45) is 29.7. The van der Waals surface area contributed by atoms with Crippen LogP contribution in [0, 0.1) is 0 Å². The number of carbonyl (C=O) groups is 2. The zero-order valence-corrected chi connectivity index (χ0v) is 34.4. The van der Waals surface area contributed by atoms with Crippen LogP contribution < -0.4 is 29.8 Å². The quantitative estimate of drug-likeness (QED) is 0.0512. The first-order valence-corrected chi connectivity index (χ1v) is 21.9. The molecule has 308 valence electrons. The van der Waals surface area contributed by atoms with E-state index in [9.17, 15) is 19.2 Å². The van der Waals surface area contributed by atoms with E-state index >= 15 is 0 Å². The number of esters is 2. The summed E-state index contributed by atoms with van der Waals surface area (Å²) < 4.78 is 22.3. The van der Waals surface area contributed by atoms with Crippen molar-refractivity contribution in [3.63, 3.8) is 0 Å². The number of unbranched alkanes of at least 4 members (excludes halogenated alkanes) is 22. The molecular weight excluding hydrogens is 693 g/mol. The Labute approximate surface area is 332 Å². The number of rotatable bonds is 34. The van der Waals surface area contributed by atoms with Crippen molar-refractivity contribution in [2.75, 3.05) is 13.2 Å². The Hall–Kier alpha value is -3.68. The van der Waals surface area contributed by atoms with E-state index in [0.717, 1.165) is 32.1 Å². The summed E-state index contributed by atoms with van der Waals surface area (Å²) >= 11 is 0. The molecule has 0 aliphatic carbocycles. The van der Waals surface area contributed by atoms with Crippen LogP contribution in [0.2, 0.25) is 0 Å². The predicted molar refractivity (Wildman–Crippen MR) is 224 cm³/mol. The number of hydrogen-bond acceptors (Lipinski definition) is 8. The SMILES string of the molecule is CCCCCCCCCCCCCCCC(=O)Oc1ccc(OCCCCCC(=O)Oc2ccc(OCCCCCCCCCCC)ccc2=O)ccc1=O. The van der Waals surface area contributed by atoms with Gasteiger partial charge in [-0.3, -0.25) is 19.2 Å². The molecule has 0 fully saturated rings. The van der Waals surface area contributed by atoms with Crippen LogP contribution in [0.5, 0.6) is 23.0 Å². The Morgan fingerprint density at radius 2 is 0.673 bits per heavy atom. The molecule has 0 heterocycles. The Morgan fingerprint density at radius 1 is 0.382 bits per heavy atom. The van der Waals surface area contributed by atoms with Gasteiger partial charge in [-0.1, -0.05) is 142 Å². The Morgan fingerprint density at radius 3 is 1.04 bits per heavy atom. The van der Waals surface area contributed by atoms with Crippen molar-refractivity contribution in [2.24, 2.45) is 0 Å². The van der Waals surface area contributed by atoms with Crippen molar-refractivity contribution in [1.82, 2.24) is 0 Å². The lowest BCUT2D eigenvalue weighted by molar-refractivity contribution is -0.135. The molecule has 0 amide bonds. The molecule has 0 radical (unpaired) electrons. The van der Waals surface area contributed by atoms with Gasteiger partial charge in [0.15, 0.2) is 11.5 Å². The molecule has 0 saturated carbocycles. The lowest BCUT2D eigenvalue weighted by Crippen LogP contribution is -2.12. The molecule has 8 nitrogen and oxygen atoms in total. The standard InChI is InChI=1S/C47H72O8/c1-3-5-7-9-11-13-14-15-16-17-19-21-24-28-46(50)54-44-37-33-41(31-35-42(44)48)53-39-27-23-25-29-47(51)55-45-36-32-40(30-34-43(45)49)52-38-26-22-20-18-12-10-8-6-4-2/h30-37H,3-29,38-39H2,1-2H3. The molecule has 0 saturated heterocycles. The van der Waals surface area contributed by atoms with Gasteiger partial charge in [0, 0.05) is 12.8 Å². The van der Waals surface area contributed by atoms with Crippen molar-refractivity contribution in [3.8, 4) is 23.0 Å². The van der Waals surface area contributed by atoms with Gasteiger partial charge >= 0.3 is 11.9 Å². The first-order valence-electron chi connectivity index (χ1n) is 21.9. The van der Waals surface area contributed by atoms with E-state index in [1.807, 2.05) is 0 Å². The summed E-state index contributed by atoms with van der Waals surface area (Å²) in [5.41, 5.74) is -0.747. The molecule has 2 rings (SSSR count). The average Bonchev–Trinajstić information content (AvgIpc) is 3.46. The highest BCUT2D eigenvalue weighted by molar-refractivity contribution is 5.72. The van der Waals surface area contributed by atoms with Gasteiger partial charge < -0.3 is 18.9 Å². The molecule has 55 heavy (non-hydrogen) atoms. The molecule has 0 N–H and O–H groups in total. The highest BCUT2D eigenvalue weighted by atomic mass is 16.5. The van der Waals surface area contributed by atoms with Gasteiger partial charge in [0.1, 0.15) is 11.5 Å². The summed E-state index contributed by atoms with van der Waals surface area (Å²) in [4.78, 5) is 49.7. The van der Waals surface area contributed by atoms with Crippen molar-refractivity contribution < 1.29 is 28.5 Å². The lowest BCUT2D eigenvalue weighted by Gasteiger charge is -2.05. The lowest BCUT2D eigenvalue weighted by atomic mass is 10.0. The van der Waals surface area contributed by atoms with Crippen LogP contribution in [0.4, 0.5) is 0 Å². The van der Waals surface area contributed by atoms with Gasteiger partial charge in [-0.15, -0.1) is 0 Å². The third-order valence-electron chi connectivity index (χ3n) is 9.82. The first-order chi connectivity index (χ1) is 26.9. The third-order valence-corrected chi connectivity index (χ3v) is 9.82. The fourth-order valence-corrected chi connectivity index (χ4v) is 6.41. The maximum absolute atomic E-state index is 12.5. The molecule has 0 spiro atoms. The fraction of sp³-hybridized carbons (Fsp3) is 0.660. The molecule has 0 aromatic heterocycles. The highest BCUT2D eigenvalue weighted by Crippen LogP contribution is 2.17. The first kappa shape index (κ1) is 47.5. The molecule has 0 unspecified atom stereocenters. The van der Waals surface area contributed by atoms with Crippen LogP contribution in [0.25, 0.3) is 0 Å². The van der Waals surface area contributed by atoms with E-state index in [-0.39, 0.29) is 28.8 Å². The van der Waals surface area contributed by atoms with Gasteiger partial charge in [-0.2, -0.15) is 0 Å². The molecule has 0 aliphatic rings. The van der Waals surface area contributed by atoms with Crippen LogP contribution in [0.1, 0.15) is 187 Å². The van der Waals surface area contributed by atoms with E-state index in [1.54, 1.807) is 24.3 Å². The maximum atomic E-state index is 12.5. The van der Waals surface area contributed by atoms with Gasteiger partial charge in [0.2, 0.25) is 10.9 Å².